The number of halogens is 2. The predicted octanol–water partition coefficient (Wildman–Crippen LogP) is 5.15. The number of carbonyl (C=O) groups is 2. The van der Waals surface area contributed by atoms with Crippen LogP contribution < -0.4 is 20.1 Å². The highest BCUT2D eigenvalue weighted by atomic mass is 19.1. The number of alkyl carbamates (subject to hydrolysis) is 1. The Morgan fingerprint density at radius 1 is 1.05 bits per heavy atom. The van der Waals surface area contributed by atoms with Gasteiger partial charge in [0.25, 0.3) is 5.91 Å². The SMILES string of the molecule is COc1ccc(-c2nc(C(=O)NCc3ccc(F)cc3F)c([C@H](C)OC(=O)NC(C)(C)C)o2)cc1OC. The van der Waals surface area contributed by atoms with Crippen molar-refractivity contribution in [2.45, 2.75) is 45.9 Å². The molecule has 1 atom stereocenters. The van der Waals surface area contributed by atoms with Gasteiger partial charge in [-0.15, -0.1) is 0 Å². The van der Waals surface area contributed by atoms with Gasteiger partial charge in [-0.2, -0.15) is 0 Å². The number of nitrogens with zero attached hydrogens (tertiary/aromatic N) is 1. The van der Waals surface area contributed by atoms with E-state index in [4.69, 9.17) is 18.6 Å². The first kappa shape index (κ1) is 27.4. The molecule has 37 heavy (non-hydrogen) atoms. The molecular weight excluding hydrogens is 488 g/mol. The molecule has 0 radical (unpaired) electrons. The van der Waals surface area contributed by atoms with Gasteiger partial charge in [0.05, 0.1) is 14.2 Å². The zero-order valence-corrected chi connectivity index (χ0v) is 21.4. The Hall–Kier alpha value is -4.15. The summed E-state index contributed by atoms with van der Waals surface area (Å²) >= 11 is 0. The van der Waals surface area contributed by atoms with Crippen LogP contribution in [0.25, 0.3) is 11.5 Å². The lowest BCUT2D eigenvalue weighted by Crippen LogP contribution is -2.41. The molecule has 0 saturated carbocycles. The second-order valence-electron chi connectivity index (χ2n) is 9.14. The Balaban J connectivity index is 1.94. The average molecular weight is 518 g/mol. The molecule has 0 unspecified atom stereocenters. The second-order valence-corrected chi connectivity index (χ2v) is 9.14. The first-order chi connectivity index (χ1) is 17.4. The normalized spacial score (nSPS) is 12.0. The van der Waals surface area contributed by atoms with Crippen LogP contribution in [-0.4, -0.2) is 36.7 Å². The molecule has 0 aliphatic carbocycles. The lowest BCUT2D eigenvalue weighted by molar-refractivity contribution is 0.0841. The van der Waals surface area contributed by atoms with Gasteiger partial charge in [-0.1, -0.05) is 6.07 Å². The maximum atomic E-state index is 14.0. The summed E-state index contributed by atoms with van der Waals surface area (Å²) in [5.41, 5.74) is -0.173. The van der Waals surface area contributed by atoms with Crippen molar-refractivity contribution in [3.8, 4) is 23.0 Å². The van der Waals surface area contributed by atoms with Gasteiger partial charge in [0.1, 0.15) is 11.6 Å². The molecular formula is C26H29F2N3O6. The Bertz CT molecular complexity index is 1290. The van der Waals surface area contributed by atoms with Gasteiger partial charge in [-0.3, -0.25) is 4.79 Å². The zero-order chi connectivity index (χ0) is 27.3. The smallest absolute Gasteiger partial charge is 0.408 e. The molecule has 3 aromatic rings. The molecule has 0 aliphatic rings. The van der Waals surface area contributed by atoms with E-state index in [2.05, 4.69) is 15.6 Å². The quantitative estimate of drug-likeness (QED) is 0.425. The first-order valence-electron chi connectivity index (χ1n) is 11.4. The number of ether oxygens (including phenoxy) is 3. The summed E-state index contributed by atoms with van der Waals surface area (Å²) in [7, 11) is 2.97. The van der Waals surface area contributed by atoms with E-state index in [1.54, 1.807) is 39.0 Å². The highest BCUT2D eigenvalue weighted by Crippen LogP contribution is 2.34. The van der Waals surface area contributed by atoms with E-state index in [1.165, 1.54) is 27.2 Å². The van der Waals surface area contributed by atoms with E-state index in [9.17, 15) is 18.4 Å². The number of hydrogen-bond acceptors (Lipinski definition) is 7. The van der Waals surface area contributed by atoms with E-state index in [0.717, 1.165) is 12.1 Å². The topological polar surface area (TPSA) is 112 Å². The van der Waals surface area contributed by atoms with Crippen LogP contribution in [0.15, 0.2) is 40.8 Å². The van der Waals surface area contributed by atoms with Crippen LogP contribution in [-0.2, 0) is 11.3 Å². The van der Waals surface area contributed by atoms with E-state index >= 15 is 0 Å². The summed E-state index contributed by atoms with van der Waals surface area (Å²) in [5, 5.41) is 5.21. The van der Waals surface area contributed by atoms with Crippen LogP contribution in [0, 0.1) is 11.6 Å². The minimum Gasteiger partial charge on any atom is -0.493 e. The fourth-order valence-corrected chi connectivity index (χ4v) is 3.34. The zero-order valence-electron chi connectivity index (χ0n) is 21.4. The van der Waals surface area contributed by atoms with Crippen molar-refractivity contribution in [2.75, 3.05) is 14.2 Å². The third kappa shape index (κ3) is 6.96. The molecule has 0 spiro atoms. The molecule has 0 aliphatic heterocycles. The molecule has 11 heteroatoms. The molecule has 0 saturated heterocycles. The Labute approximate surface area is 213 Å². The number of carbonyl (C=O) groups excluding carboxylic acids is 2. The van der Waals surface area contributed by atoms with Crippen molar-refractivity contribution in [2.24, 2.45) is 0 Å². The summed E-state index contributed by atoms with van der Waals surface area (Å²) in [6.45, 7) is 6.66. The molecule has 1 aromatic heterocycles. The number of aromatic nitrogens is 1. The molecule has 0 fully saturated rings. The number of oxazole rings is 1. The molecule has 1 heterocycles. The van der Waals surface area contributed by atoms with Gasteiger partial charge >= 0.3 is 6.09 Å². The standard InChI is InChI=1S/C26H29F2N3O6/c1-14(36-25(33)31-26(2,3)4)22-21(23(32)29-13-16-7-9-17(27)12-18(16)28)30-24(37-22)15-8-10-19(34-5)20(11-15)35-6/h7-12,14H,13H2,1-6H3,(H,29,32)(H,31,33)/t14-/m0/s1. The minimum atomic E-state index is -1.01. The average Bonchev–Trinajstić information content (AvgIpc) is 3.27. The molecule has 0 bridgehead atoms. The Morgan fingerprint density at radius 2 is 1.76 bits per heavy atom. The maximum absolute atomic E-state index is 14.0. The highest BCUT2D eigenvalue weighted by molar-refractivity contribution is 5.94. The van der Waals surface area contributed by atoms with Crippen molar-refractivity contribution < 1.29 is 37.0 Å². The molecule has 3 rings (SSSR count). The Kier molecular flexibility index (Phi) is 8.36. The highest BCUT2D eigenvalue weighted by Gasteiger charge is 2.28. The fraction of sp³-hybridized carbons (Fsp3) is 0.346. The van der Waals surface area contributed by atoms with E-state index in [-0.39, 0.29) is 29.5 Å². The predicted molar refractivity (Wildman–Crippen MR) is 130 cm³/mol. The molecule has 2 amide bonds. The van der Waals surface area contributed by atoms with Crippen molar-refractivity contribution in [3.63, 3.8) is 0 Å². The van der Waals surface area contributed by atoms with Crippen LogP contribution in [0.5, 0.6) is 11.5 Å². The monoisotopic (exact) mass is 517 g/mol. The summed E-state index contributed by atoms with van der Waals surface area (Å²) in [5.74, 6) is -1.32. The first-order valence-corrected chi connectivity index (χ1v) is 11.4. The van der Waals surface area contributed by atoms with Crippen LogP contribution in [0.1, 0.15) is 55.6 Å². The van der Waals surface area contributed by atoms with Crippen LogP contribution in [0.3, 0.4) is 0 Å². The summed E-state index contributed by atoms with van der Waals surface area (Å²) < 4.78 is 49.1. The molecule has 2 N–H and O–H groups in total. The number of amides is 2. The van der Waals surface area contributed by atoms with E-state index < -0.39 is 35.3 Å². The minimum absolute atomic E-state index is 0.0223. The van der Waals surface area contributed by atoms with Crippen LogP contribution in [0.2, 0.25) is 0 Å². The fourth-order valence-electron chi connectivity index (χ4n) is 3.34. The Morgan fingerprint density at radius 3 is 2.38 bits per heavy atom. The molecule has 198 valence electrons. The lowest BCUT2D eigenvalue weighted by atomic mass is 10.1. The number of methoxy groups -OCH3 is 2. The van der Waals surface area contributed by atoms with E-state index in [1.807, 2.05) is 0 Å². The maximum Gasteiger partial charge on any atom is 0.408 e. The van der Waals surface area contributed by atoms with Gasteiger partial charge in [-0.25, -0.2) is 18.6 Å². The van der Waals surface area contributed by atoms with Gasteiger partial charge in [-0.05, 0) is 52.0 Å². The number of rotatable bonds is 8. The van der Waals surface area contributed by atoms with Crippen LogP contribution in [0.4, 0.5) is 13.6 Å². The summed E-state index contributed by atoms with van der Waals surface area (Å²) in [4.78, 5) is 29.7. The van der Waals surface area contributed by atoms with Gasteiger partial charge < -0.3 is 29.3 Å². The third-order valence-electron chi connectivity index (χ3n) is 5.08. The van der Waals surface area contributed by atoms with Crippen molar-refractivity contribution in [1.29, 1.82) is 0 Å². The second kappa shape index (κ2) is 11.3. The van der Waals surface area contributed by atoms with Crippen molar-refractivity contribution >= 4 is 12.0 Å². The number of hydrogen-bond donors (Lipinski definition) is 2. The summed E-state index contributed by atoms with van der Waals surface area (Å²) in [6.07, 6.45) is -1.73. The van der Waals surface area contributed by atoms with Crippen molar-refractivity contribution in [1.82, 2.24) is 15.6 Å². The van der Waals surface area contributed by atoms with Gasteiger partial charge in [0.2, 0.25) is 5.89 Å². The summed E-state index contributed by atoms with van der Waals surface area (Å²) in [6, 6.07) is 7.96. The van der Waals surface area contributed by atoms with Crippen LogP contribution >= 0.6 is 0 Å². The molecule has 9 nitrogen and oxygen atoms in total. The number of benzene rings is 2. The third-order valence-corrected chi connectivity index (χ3v) is 5.08. The lowest BCUT2D eigenvalue weighted by Gasteiger charge is -2.21. The van der Waals surface area contributed by atoms with Gasteiger partial charge in [0, 0.05) is 29.3 Å². The van der Waals surface area contributed by atoms with Gasteiger partial charge in [0.15, 0.2) is 29.1 Å². The van der Waals surface area contributed by atoms with Crippen molar-refractivity contribution in [3.05, 3.63) is 65.1 Å². The number of nitrogens with one attached hydrogen (secondary N) is 2. The largest absolute Gasteiger partial charge is 0.493 e. The molecule has 2 aromatic carbocycles. The van der Waals surface area contributed by atoms with E-state index in [0.29, 0.717) is 17.1 Å².